The molecule has 4 heteroatoms. The van der Waals surface area contributed by atoms with E-state index in [4.69, 9.17) is 5.73 Å². The number of hydrogen-bond acceptors (Lipinski definition) is 2. The second-order valence-corrected chi connectivity index (χ2v) is 4.61. The molecule has 18 heavy (non-hydrogen) atoms. The van der Waals surface area contributed by atoms with Crippen LogP contribution in [0.2, 0.25) is 0 Å². The molecule has 0 spiro atoms. The number of halogens is 1. The number of carbonyl (C=O) groups is 1. The molecular formula is C14H23ClN2O. The lowest BCUT2D eigenvalue weighted by Crippen LogP contribution is -2.40. The molecule has 0 aliphatic rings. The fourth-order valence-corrected chi connectivity index (χ4v) is 1.71. The predicted molar refractivity (Wildman–Crippen MR) is 78.0 cm³/mol. The van der Waals surface area contributed by atoms with E-state index in [0.717, 1.165) is 0 Å². The summed E-state index contributed by atoms with van der Waals surface area (Å²) in [5, 5.41) is 0. The SMILES string of the molecule is CC(CC(=O)N(C)C(C)CN)c1ccccc1.Cl. The topological polar surface area (TPSA) is 46.3 Å². The third-order valence-corrected chi connectivity index (χ3v) is 3.25. The van der Waals surface area contributed by atoms with Gasteiger partial charge in [-0.1, -0.05) is 37.3 Å². The van der Waals surface area contributed by atoms with Gasteiger partial charge in [0.25, 0.3) is 0 Å². The van der Waals surface area contributed by atoms with Crippen molar-refractivity contribution < 1.29 is 4.79 Å². The Morgan fingerprint density at radius 3 is 2.33 bits per heavy atom. The van der Waals surface area contributed by atoms with Crippen LogP contribution in [0.15, 0.2) is 30.3 Å². The largest absolute Gasteiger partial charge is 0.342 e. The average Bonchev–Trinajstić information content (AvgIpc) is 2.37. The third-order valence-electron chi connectivity index (χ3n) is 3.25. The van der Waals surface area contributed by atoms with Crippen molar-refractivity contribution >= 4 is 18.3 Å². The van der Waals surface area contributed by atoms with E-state index in [0.29, 0.717) is 13.0 Å². The Kier molecular flexibility index (Phi) is 7.64. The average molecular weight is 271 g/mol. The molecule has 0 bridgehead atoms. The number of benzene rings is 1. The highest BCUT2D eigenvalue weighted by Gasteiger charge is 2.17. The van der Waals surface area contributed by atoms with Gasteiger partial charge in [0.05, 0.1) is 0 Å². The number of nitrogens with zero attached hydrogens (tertiary/aromatic N) is 1. The highest BCUT2D eigenvalue weighted by Crippen LogP contribution is 2.19. The number of likely N-dealkylation sites (N-methyl/N-ethyl adjacent to an activating group) is 1. The van der Waals surface area contributed by atoms with E-state index in [-0.39, 0.29) is 30.3 Å². The van der Waals surface area contributed by atoms with Crippen LogP contribution in [0.1, 0.15) is 31.7 Å². The van der Waals surface area contributed by atoms with Crippen molar-refractivity contribution in [2.24, 2.45) is 5.73 Å². The van der Waals surface area contributed by atoms with E-state index >= 15 is 0 Å². The minimum absolute atomic E-state index is 0. The zero-order chi connectivity index (χ0) is 12.8. The molecule has 0 saturated carbocycles. The van der Waals surface area contributed by atoms with Gasteiger partial charge in [-0.15, -0.1) is 12.4 Å². The van der Waals surface area contributed by atoms with E-state index in [2.05, 4.69) is 19.1 Å². The zero-order valence-corrected chi connectivity index (χ0v) is 12.1. The Hall–Kier alpha value is -1.06. The molecule has 0 fully saturated rings. The van der Waals surface area contributed by atoms with Gasteiger partial charge in [0, 0.05) is 26.1 Å². The lowest BCUT2D eigenvalue weighted by molar-refractivity contribution is -0.131. The molecule has 2 N–H and O–H groups in total. The van der Waals surface area contributed by atoms with E-state index in [1.165, 1.54) is 5.56 Å². The summed E-state index contributed by atoms with van der Waals surface area (Å²) in [5.74, 6) is 0.399. The maximum Gasteiger partial charge on any atom is 0.223 e. The Morgan fingerprint density at radius 1 is 1.28 bits per heavy atom. The molecule has 1 rings (SSSR count). The van der Waals surface area contributed by atoms with Gasteiger partial charge < -0.3 is 10.6 Å². The van der Waals surface area contributed by atoms with E-state index in [1.807, 2.05) is 32.2 Å². The maximum atomic E-state index is 12.0. The first kappa shape index (κ1) is 16.9. The van der Waals surface area contributed by atoms with Crippen molar-refractivity contribution in [3.05, 3.63) is 35.9 Å². The minimum Gasteiger partial charge on any atom is -0.342 e. The van der Waals surface area contributed by atoms with Crippen molar-refractivity contribution in [3.8, 4) is 0 Å². The van der Waals surface area contributed by atoms with Crippen LogP contribution in [0.3, 0.4) is 0 Å². The van der Waals surface area contributed by atoms with Crippen LogP contribution >= 0.6 is 12.4 Å². The van der Waals surface area contributed by atoms with Gasteiger partial charge >= 0.3 is 0 Å². The first-order valence-corrected chi connectivity index (χ1v) is 6.07. The van der Waals surface area contributed by atoms with Gasteiger partial charge in [0.15, 0.2) is 0 Å². The van der Waals surface area contributed by atoms with Crippen LogP contribution < -0.4 is 5.73 Å². The van der Waals surface area contributed by atoms with Gasteiger partial charge in [-0.25, -0.2) is 0 Å². The molecule has 3 nitrogen and oxygen atoms in total. The van der Waals surface area contributed by atoms with Crippen molar-refractivity contribution in [3.63, 3.8) is 0 Å². The molecule has 0 aliphatic carbocycles. The Morgan fingerprint density at radius 2 is 1.83 bits per heavy atom. The lowest BCUT2D eigenvalue weighted by Gasteiger charge is -2.25. The Balaban J connectivity index is 0.00000289. The first-order valence-electron chi connectivity index (χ1n) is 6.07. The minimum atomic E-state index is 0. The summed E-state index contributed by atoms with van der Waals surface area (Å²) in [7, 11) is 1.82. The number of rotatable bonds is 5. The maximum absolute atomic E-state index is 12.0. The summed E-state index contributed by atoms with van der Waals surface area (Å²) < 4.78 is 0. The molecule has 0 aromatic heterocycles. The molecule has 1 aromatic rings. The lowest BCUT2D eigenvalue weighted by atomic mass is 9.97. The summed E-state index contributed by atoms with van der Waals surface area (Å²) in [6, 6.07) is 10.2. The quantitative estimate of drug-likeness (QED) is 0.893. The highest BCUT2D eigenvalue weighted by molar-refractivity contribution is 5.85. The van der Waals surface area contributed by atoms with Crippen molar-refractivity contribution in [1.82, 2.24) is 4.90 Å². The van der Waals surface area contributed by atoms with Crippen molar-refractivity contribution in [1.29, 1.82) is 0 Å². The predicted octanol–water partition coefficient (Wildman–Crippen LogP) is 2.41. The summed E-state index contributed by atoms with van der Waals surface area (Å²) in [6.07, 6.45) is 0.533. The van der Waals surface area contributed by atoms with Gasteiger partial charge in [0.1, 0.15) is 0 Å². The molecular weight excluding hydrogens is 248 g/mol. The third kappa shape index (κ3) is 4.67. The Labute approximate surface area is 116 Å². The van der Waals surface area contributed by atoms with E-state index < -0.39 is 0 Å². The van der Waals surface area contributed by atoms with E-state index in [9.17, 15) is 4.79 Å². The second-order valence-electron chi connectivity index (χ2n) is 4.61. The number of carbonyl (C=O) groups excluding carboxylic acids is 1. The van der Waals surface area contributed by atoms with Crippen molar-refractivity contribution in [2.75, 3.05) is 13.6 Å². The summed E-state index contributed by atoms with van der Waals surface area (Å²) in [6.45, 7) is 4.54. The number of nitrogens with two attached hydrogens (primary N) is 1. The molecule has 2 atom stereocenters. The Bertz CT molecular complexity index is 356. The van der Waals surface area contributed by atoms with Crippen LogP contribution in [0.4, 0.5) is 0 Å². The standard InChI is InChI=1S/C14H22N2O.ClH/c1-11(13-7-5-4-6-8-13)9-14(17)16(3)12(2)10-15;/h4-8,11-12H,9-10,15H2,1-3H3;1H. The van der Waals surface area contributed by atoms with Crippen LogP contribution in [-0.4, -0.2) is 30.4 Å². The van der Waals surface area contributed by atoms with Gasteiger partial charge in [0.2, 0.25) is 5.91 Å². The molecule has 0 heterocycles. The number of hydrogen-bond donors (Lipinski definition) is 1. The normalized spacial score (nSPS) is 13.3. The van der Waals surface area contributed by atoms with Crippen molar-refractivity contribution in [2.45, 2.75) is 32.2 Å². The van der Waals surface area contributed by atoms with Gasteiger partial charge in [-0.05, 0) is 18.4 Å². The molecule has 0 radical (unpaired) electrons. The zero-order valence-electron chi connectivity index (χ0n) is 11.3. The molecule has 102 valence electrons. The first-order chi connectivity index (χ1) is 8.06. The summed E-state index contributed by atoms with van der Waals surface area (Å²) >= 11 is 0. The van der Waals surface area contributed by atoms with Crippen LogP contribution in [-0.2, 0) is 4.79 Å². The van der Waals surface area contributed by atoms with Gasteiger partial charge in [-0.2, -0.15) is 0 Å². The molecule has 2 unspecified atom stereocenters. The molecule has 1 amide bonds. The van der Waals surface area contributed by atoms with Gasteiger partial charge in [-0.3, -0.25) is 4.79 Å². The van der Waals surface area contributed by atoms with Crippen LogP contribution in [0, 0.1) is 0 Å². The summed E-state index contributed by atoms with van der Waals surface area (Å²) in [5.41, 5.74) is 6.76. The summed E-state index contributed by atoms with van der Waals surface area (Å²) in [4.78, 5) is 13.7. The fourth-order valence-electron chi connectivity index (χ4n) is 1.71. The van der Waals surface area contributed by atoms with E-state index in [1.54, 1.807) is 4.90 Å². The second kappa shape index (κ2) is 8.11. The number of amides is 1. The monoisotopic (exact) mass is 270 g/mol. The van der Waals surface area contributed by atoms with Crippen LogP contribution in [0.25, 0.3) is 0 Å². The highest BCUT2D eigenvalue weighted by atomic mass is 35.5. The molecule has 0 saturated heterocycles. The molecule has 1 aromatic carbocycles. The van der Waals surface area contributed by atoms with Crippen LogP contribution in [0.5, 0.6) is 0 Å². The smallest absolute Gasteiger partial charge is 0.223 e. The fraction of sp³-hybridized carbons (Fsp3) is 0.500. The molecule has 0 aliphatic heterocycles.